The first-order valence-electron chi connectivity index (χ1n) is 6.40. The molecule has 3 unspecified atom stereocenters. The van der Waals surface area contributed by atoms with E-state index in [0.29, 0.717) is 6.04 Å². The van der Waals surface area contributed by atoms with Crippen molar-refractivity contribution in [2.45, 2.75) is 65.3 Å². The van der Waals surface area contributed by atoms with Crippen LogP contribution in [-0.4, -0.2) is 6.04 Å². The van der Waals surface area contributed by atoms with Crippen LogP contribution in [0.4, 0.5) is 0 Å². The third kappa shape index (κ3) is 3.27. The number of hydrogen-bond acceptors (Lipinski definition) is 1. The van der Waals surface area contributed by atoms with E-state index in [-0.39, 0.29) is 0 Å². The van der Waals surface area contributed by atoms with E-state index in [1.165, 1.54) is 32.1 Å². The molecule has 1 nitrogen and oxygen atoms in total. The van der Waals surface area contributed by atoms with Gasteiger partial charge in [0.2, 0.25) is 0 Å². The van der Waals surface area contributed by atoms with E-state index in [9.17, 15) is 0 Å². The van der Waals surface area contributed by atoms with E-state index in [1.54, 1.807) is 0 Å². The molecule has 0 saturated heterocycles. The maximum Gasteiger partial charge on any atom is 0.00645 e. The summed E-state index contributed by atoms with van der Waals surface area (Å²) in [5.74, 6) is 2.64. The molecule has 0 amide bonds. The fourth-order valence-corrected chi connectivity index (χ4v) is 2.79. The Morgan fingerprint density at radius 3 is 2.21 bits per heavy atom. The normalized spacial score (nSPS) is 31.5. The maximum atomic E-state index is 6.14. The zero-order chi connectivity index (χ0) is 10.6. The van der Waals surface area contributed by atoms with Gasteiger partial charge in [-0.1, -0.05) is 33.6 Å². The molecule has 1 fully saturated rings. The lowest BCUT2D eigenvalue weighted by atomic mass is 9.87. The SMILES string of the molecule is CCC(N)C1CCCC(C(C)C)CC1. The van der Waals surface area contributed by atoms with Gasteiger partial charge in [-0.25, -0.2) is 0 Å². The summed E-state index contributed by atoms with van der Waals surface area (Å²) in [5.41, 5.74) is 6.14. The predicted octanol–water partition coefficient (Wildman–Crippen LogP) is 3.58. The first kappa shape index (κ1) is 12.0. The highest BCUT2D eigenvalue weighted by atomic mass is 14.6. The molecule has 0 aromatic carbocycles. The lowest BCUT2D eigenvalue weighted by molar-refractivity contribution is 0.323. The molecule has 3 atom stereocenters. The van der Waals surface area contributed by atoms with Gasteiger partial charge in [-0.2, -0.15) is 0 Å². The lowest BCUT2D eigenvalue weighted by Gasteiger charge is -2.21. The molecule has 1 rings (SSSR count). The van der Waals surface area contributed by atoms with Crippen LogP contribution >= 0.6 is 0 Å². The smallest absolute Gasteiger partial charge is 0.00645 e. The van der Waals surface area contributed by atoms with Gasteiger partial charge in [-0.15, -0.1) is 0 Å². The summed E-state index contributed by atoms with van der Waals surface area (Å²) in [6.45, 7) is 6.95. The van der Waals surface area contributed by atoms with Crippen molar-refractivity contribution in [3.05, 3.63) is 0 Å². The lowest BCUT2D eigenvalue weighted by Crippen LogP contribution is -2.28. The molecule has 1 heteroatoms. The van der Waals surface area contributed by atoms with Crippen molar-refractivity contribution in [2.24, 2.45) is 23.5 Å². The average Bonchev–Trinajstić information content (AvgIpc) is 2.41. The van der Waals surface area contributed by atoms with Crippen LogP contribution in [0.1, 0.15) is 59.3 Å². The van der Waals surface area contributed by atoms with E-state index >= 15 is 0 Å². The standard InChI is InChI=1S/C13H27N/c1-4-13(14)12-7-5-6-11(8-9-12)10(2)3/h10-13H,4-9,14H2,1-3H3. The Labute approximate surface area is 89.5 Å². The van der Waals surface area contributed by atoms with E-state index in [4.69, 9.17) is 5.73 Å². The van der Waals surface area contributed by atoms with Crippen LogP contribution in [0.25, 0.3) is 0 Å². The van der Waals surface area contributed by atoms with Gasteiger partial charge < -0.3 is 5.73 Å². The molecule has 14 heavy (non-hydrogen) atoms. The Morgan fingerprint density at radius 2 is 1.64 bits per heavy atom. The summed E-state index contributed by atoms with van der Waals surface area (Å²) in [5, 5.41) is 0. The molecule has 84 valence electrons. The second-order valence-electron chi connectivity index (χ2n) is 5.34. The molecule has 1 saturated carbocycles. The zero-order valence-corrected chi connectivity index (χ0v) is 10.1. The van der Waals surface area contributed by atoms with Gasteiger partial charge in [0, 0.05) is 6.04 Å². The Kier molecular flexibility index (Phi) is 4.94. The van der Waals surface area contributed by atoms with Crippen LogP contribution in [0.3, 0.4) is 0 Å². The van der Waals surface area contributed by atoms with Crippen molar-refractivity contribution >= 4 is 0 Å². The number of nitrogens with two attached hydrogens (primary N) is 1. The van der Waals surface area contributed by atoms with Crippen LogP contribution in [0, 0.1) is 17.8 Å². The molecule has 0 bridgehead atoms. The van der Waals surface area contributed by atoms with Crippen molar-refractivity contribution in [3.8, 4) is 0 Å². The van der Waals surface area contributed by atoms with Gasteiger partial charge in [0.05, 0.1) is 0 Å². The van der Waals surface area contributed by atoms with Crippen molar-refractivity contribution in [2.75, 3.05) is 0 Å². The molecule has 0 aromatic rings. The van der Waals surface area contributed by atoms with Crippen molar-refractivity contribution < 1.29 is 0 Å². The summed E-state index contributed by atoms with van der Waals surface area (Å²) in [6, 6.07) is 0.459. The van der Waals surface area contributed by atoms with Crippen LogP contribution < -0.4 is 5.73 Å². The summed E-state index contributed by atoms with van der Waals surface area (Å²) in [6.07, 6.45) is 8.15. The Morgan fingerprint density at radius 1 is 1.07 bits per heavy atom. The van der Waals surface area contributed by atoms with Gasteiger partial charge in [0.25, 0.3) is 0 Å². The van der Waals surface area contributed by atoms with E-state index in [0.717, 1.165) is 24.2 Å². The van der Waals surface area contributed by atoms with Gasteiger partial charge in [0.1, 0.15) is 0 Å². The summed E-state index contributed by atoms with van der Waals surface area (Å²) < 4.78 is 0. The second-order valence-corrected chi connectivity index (χ2v) is 5.34. The van der Waals surface area contributed by atoms with Gasteiger partial charge in [-0.05, 0) is 43.4 Å². The zero-order valence-electron chi connectivity index (χ0n) is 10.1. The highest BCUT2D eigenvalue weighted by Gasteiger charge is 2.23. The van der Waals surface area contributed by atoms with Crippen LogP contribution in [0.15, 0.2) is 0 Å². The fraction of sp³-hybridized carbons (Fsp3) is 1.00. The molecule has 1 aliphatic rings. The number of rotatable bonds is 3. The van der Waals surface area contributed by atoms with E-state index in [1.807, 2.05) is 0 Å². The van der Waals surface area contributed by atoms with Crippen molar-refractivity contribution in [1.82, 2.24) is 0 Å². The minimum atomic E-state index is 0.459. The molecular weight excluding hydrogens is 170 g/mol. The number of hydrogen-bond donors (Lipinski definition) is 1. The van der Waals surface area contributed by atoms with Crippen LogP contribution in [0.5, 0.6) is 0 Å². The molecule has 2 N–H and O–H groups in total. The monoisotopic (exact) mass is 197 g/mol. The molecule has 0 aromatic heterocycles. The van der Waals surface area contributed by atoms with Gasteiger partial charge >= 0.3 is 0 Å². The summed E-state index contributed by atoms with van der Waals surface area (Å²) in [4.78, 5) is 0. The fourth-order valence-electron chi connectivity index (χ4n) is 2.79. The highest BCUT2D eigenvalue weighted by molar-refractivity contribution is 4.78. The third-order valence-electron chi connectivity index (χ3n) is 4.08. The van der Waals surface area contributed by atoms with Crippen LogP contribution in [-0.2, 0) is 0 Å². The topological polar surface area (TPSA) is 26.0 Å². The largest absolute Gasteiger partial charge is 0.327 e. The molecule has 0 aliphatic heterocycles. The molecule has 0 heterocycles. The minimum absolute atomic E-state index is 0.459. The average molecular weight is 197 g/mol. The molecule has 0 spiro atoms. The van der Waals surface area contributed by atoms with Gasteiger partial charge in [0.15, 0.2) is 0 Å². The first-order valence-corrected chi connectivity index (χ1v) is 6.40. The first-order chi connectivity index (χ1) is 6.65. The Hall–Kier alpha value is -0.0400. The Bertz CT molecular complexity index is 153. The van der Waals surface area contributed by atoms with E-state index in [2.05, 4.69) is 20.8 Å². The third-order valence-corrected chi connectivity index (χ3v) is 4.08. The Balaban J connectivity index is 2.40. The van der Waals surface area contributed by atoms with Crippen LogP contribution in [0.2, 0.25) is 0 Å². The van der Waals surface area contributed by atoms with Crippen molar-refractivity contribution in [1.29, 1.82) is 0 Å². The second kappa shape index (κ2) is 5.75. The molecule has 1 aliphatic carbocycles. The van der Waals surface area contributed by atoms with E-state index < -0.39 is 0 Å². The molecule has 0 radical (unpaired) electrons. The summed E-state index contributed by atoms with van der Waals surface area (Å²) in [7, 11) is 0. The minimum Gasteiger partial charge on any atom is -0.327 e. The quantitative estimate of drug-likeness (QED) is 0.688. The summed E-state index contributed by atoms with van der Waals surface area (Å²) >= 11 is 0. The molecular formula is C13H27N. The highest BCUT2D eigenvalue weighted by Crippen LogP contribution is 2.33. The maximum absolute atomic E-state index is 6.14. The van der Waals surface area contributed by atoms with Crippen molar-refractivity contribution in [3.63, 3.8) is 0 Å². The predicted molar refractivity (Wildman–Crippen MR) is 63.2 cm³/mol. The van der Waals surface area contributed by atoms with Gasteiger partial charge in [-0.3, -0.25) is 0 Å².